The van der Waals surface area contributed by atoms with Crippen LogP contribution in [0.5, 0.6) is 0 Å². The van der Waals surface area contributed by atoms with E-state index in [1.165, 1.54) is 76.8 Å². The number of furan rings is 1. The lowest BCUT2D eigenvalue weighted by atomic mass is 9.84. The number of para-hydroxylation sites is 1. The van der Waals surface area contributed by atoms with Gasteiger partial charge in [0.15, 0.2) is 0 Å². The van der Waals surface area contributed by atoms with Crippen molar-refractivity contribution in [3.8, 4) is 44.5 Å². The van der Waals surface area contributed by atoms with Gasteiger partial charge in [-0.05, 0) is 101 Å². The van der Waals surface area contributed by atoms with Crippen molar-refractivity contribution in [1.82, 2.24) is 0 Å². The van der Waals surface area contributed by atoms with Crippen LogP contribution in [0.15, 0.2) is 186 Å². The third kappa shape index (κ3) is 4.47. The first kappa shape index (κ1) is 27.7. The molecule has 0 radical (unpaired) electrons. The Morgan fingerprint density at radius 1 is 0.265 bits per heavy atom. The summed E-state index contributed by atoms with van der Waals surface area (Å²) >= 11 is 0. The molecule has 228 valence electrons. The molecule has 0 N–H and O–H groups in total. The predicted octanol–water partition coefficient (Wildman–Crippen LogP) is 13.7. The van der Waals surface area contributed by atoms with Crippen molar-refractivity contribution < 1.29 is 4.42 Å². The van der Waals surface area contributed by atoms with Gasteiger partial charge < -0.3 is 4.42 Å². The SMILES string of the molecule is c1ccc(-c2ccc(-c3c4ccccc4c(-c4cccc5cc(-c6ccc7oc8ccccc8c7c6)ccc45)c4ccccc34)cc2)cc1. The van der Waals surface area contributed by atoms with Crippen LogP contribution in [0.3, 0.4) is 0 Å². The van der Waals surface area contributed by atoms with Gasteiger partial charge in [-0.1, -0.05) is 158 Å². The maximum Gasteiger partial charge on any atom is 0.135 e. The monoisotopic (exact) mass is 622 g/mol. The number of benzene rings is 9. The fourth-order valence-electron chi connectivity index (χ4n) is 7.78. The molecule has 0 saturated carbocycles. The Morgan fingerprint density at radius 2 is 0.796 bits per heavy atom. The molecule has 1 heteroatoms. The van der Waals surface area contributed by atoms with Gasteiger partial charge in [-0.2, -0.15) is 0 Å². The van der Waals surface area contributed by atoms with Crippen molar-refractivity contribution in [1.29, 1.82) is 0 Å². The first-order valence-corrected chi connectivity index (χ1v) is 16.8. The Hall–Kier alpha value is -6.44. The fraction of sp³-hybridized carbons (Fsp3) is 0. The molecular weight excluding hydrogens is 593 g/mol. The molecule has 0 aliphatic carbocycles. The molecule has 0 aliphatic rings. The average Bonchev–Trinajstić information content (AvgIpc) is 3.55. The highest BCUT2D eigenvalue weighted by Crippen LogP contribution is 2.46. The van der Waals surface area contributed by atoms with E-state index in [4.69, 9.17) is 4.42 Å². The van der Waals surface area contributed by atoms with Crippen molar-refractivity contribution in [3.63, 3.8) is 0 Å². The van der Waals surface area contributed by atoms with Crippen LogP contribution in [0.2, 0.25) is 0 Å². The van der Waals surface area contributed by atoms with Gasteiger partial charge in [0.1, 0.15) is 11.2 Å². The molecule has 0 unspecified atom stereocenters. The first-order chi connectivity index (χ1) is 24.3. The second-order valence-corrected chi connectivity index (χ2v) is 12.8. The van der Waals surface area contributed by atoms with Gasteiger partial charge in [0, 0.05) is 10.8 Å². The van der Waals surface area contributed by atoms with E-state index in [2.05, 4.69) is 170 Å². The van der Waals surface area contributed by atoms with Crippen molar-refractivity contribution in [3.05, 3.63) is 182 Å². The summed E-state index contributed by atoms with van der Waals surface area (Å²) in [6.07, 6.45) is 0. The highest BCUT2D eigenvalue weighted by Gasteiger charge is 2.18. The number of hydrogen-bond acceptors (Lipinski definition) is 1. The van der Waals surface area contributed by atoms with E-state index in [0.29, 0.717) is 0 Å². The maximum absolute atomic E-state index is 6.11. The van der Waals surface area contributed by atoms with Crippen LogP contribution < -0.4 is 0 Å². The summed E-state index contributed by atoms with van der Waals surface area (Å²) in [5.41, 5.74) is 11.7. The number of rotatable bonds is 4. The van der Waals surface area contributed by atoms with Crippen molar-refractivity contribution in [2.24, 2.45) is 0 Å². The lowest BCUT2D eigenvalue weighted by Crippen LogP contribution is -1.92. The van der Waals surface area contributed by atoms with E-state index in [1.807, 2.05) is 12.1 Å². The third-order valence-electron chi connectivity index (χ3n) is 10.1. The van der Waals surface area contributed by atoms with E-state index in [9.17, 15) is 0 Å². The first-order valence-electron chi connectivity index (χ1n) is 16.8. The van der Waals surface area contributed by atoms with E-state index >= 15 is 0 Å². The van der Waals surface area contributed by atoms with Crippen molar-refractivity contribution in [2.45, 2.75) is 0 Å². The smallest absolute Gasteiger partial charge is 0.135 e. The molecule has 0 saturated heterocycles. The minimum Gasteiger partial charge on any atom is -0.456 e. The number of fused-ring (bicyclic) bond motifs is 6. The lowest BCUT2D eigenvalue weighted by Gasteiger charge is -2.19. The molecule has 1 heterocycles. The van der Waals surface area contributed by atoms with Crippen LogP contribution in [-0.2, 0) is 0 Å². The quantitative estimate of drug-likeness (QED) is 0.178. The second-order valence-electron chi connectivity index (χ2n) is 12.8. The summed E-state index contributed by atoms with van der Waals surface area (Å²) in [5.74, 6) is 0. The number of hydrogen-bond donors (Lipinski definition) is 0. The molecule has 10 rings (SSSR count). The van der Waals surface area contributed by atoms with E-state index in [-0.39, 0.29) is 0 Å². The normalized spacial score (nSPS) is 11.7. The molecule has 0 atom stereocenters. The van der Waals surface area contributed by atoms with Gasteiger partial charge in [-0.3, -0.25) is 0 Å². The summed E-state index contributed by atoms with van der Waals surface area (Å²) < 4.78 is 6.11. The molecule has 0 spiro atoms. The van der Waals surface area contributed by atoms with Crippen LogP contribution in [0.1, 0.15) is 0 Å². The predicted molar refractivity (Wildman–Crippen MR) is 208 cm³/mol. The van der Waals surface area contributed by atoms with Crippen molar-refractivity contribution >= 4 is 54.3 Å². The Labute approximate surface area is 284 Å². The standard InChI is InChI=1S/C48H30O/c1-2-11-31(12-3-1)32-21-23-33(24-22-32)47-40-15-4-6-17-42(40)48(43-18-7-5-16-41(43)47)39-19-10-13-36-29-34(25-27-37(36)39)35-26-28-46-44(30-35)38-14-8-9-20-45(38)49-46/h1-30H. The molecule has 10 aromatic rings. The highest BCUT2D eigenvalue weighted by atomic mass is 16.3. The second kappa shape index (κ2) is 11.1. The molecule has 0 aliphatic heterocycles. The zero-order chi connectivity index (χ0) is 32.3. The Bertz CT molecular complexity index is 2800. The molecule has 0 bridgehead atoms. The summed E-state index contributed by atoms with van der Waals surface area (Å²) in [6.45, 7) is 0. The van der Waals surface area contributed by atoms with E-state index in [0.717, 1.165) is 21.9 Å². The van der Waals surface area contributed by atoms with Gasteiger partial charge in [0.05, 0.1) is 0 Å². The van der Waals surface area contributed by atoms with Gasteiger partial charge in [0.2, 0.25) is 0 Å². The maximum atomic E-state index is 6.11. The zero-order valence-corrected chi connectivity index (χ0v) is 26.7. The van der Waals surface area contributed by atoms with Crippen LogP contribution in [0.4, 0.5) is 0 Å². The molecule has 0 amide bonds. The third-order valence-corrected chi connectivity index (χ3v) is 10.1. The summed E-state index contributed by atoms with van der Waals surface area (Å²) in [4.78, 5) is 0. The van der Waals surface area contributed by atoms with E-state index in [1.54, 1.807) is 0 Å². The van der Waals surface area contributed by atoms with Gasteiger partial charge in [-0.15, -0.1) is 0 Å². The van der Waals surface area contributed by atoms with Crippen LogP contribution >= 0.6 is 0 Å². The van der Waals surface area contributed by atoms with Crippen molar-refractivity contribution in [2.75, 3.05) is 0 Å². The molecular formula is C48H30O. The average molecular weight is 623 g/mol. The van der Waals surface area contributed by atoms with E-state index < -0.39 is 0 Å². The van der Waals surface area contributed by atoms with Crippen LogP contribution in [-0.4, -0.2) is 0 Å². The zero-order valence-electron chi connectivity index (χ0n) is 26.7. The van der Waals surface area contributed by atoms with Gasteiger partial charge in [0.25, 0.3) is 0 Å². The lowest BCUT2D eigenvalue weighted by molar-refractivity contribution is 0.669. The van der Waals surface area contributed by atoms with Crippen LogP contribution in [0, 0.1) is 0 Å². The van der Waals surface area contributed by atoms with Gasteiger partial charge in [-0.25, -0.2) is 0 Å². The summed E-state index contributed by atoms with van der Waals surface area (Å²) in [5, 5.41) is 9.81. The summed E-state index contributed by atoms with van der Waals surface area (Å²) in [6, 6.07) is 65.9. The minimum atomic E-state index is 0.919. The molecule has 1 nitrogen and oxygen atoms in total. The molecule has 1 aromatic heterocycles. The summed E-state index contributed by atoms with van der Waals surface area (Å²) in [7, 11) is 0. The molecule has 9 aromatic carbocycles. The topological polar surface area (TPSA) is 13.1 Å². The van der Waals surface area contributed by atoms with Gasteiger partial charge >= 0.3 is 0 Å². The fourth-order valence-corrected chi connectivity index (χ4v) is 7.78. The molecule has 49 heavy (non-hydrogen) atoms. The minimum absolute atomic E-state index is 0.919. The Morgan fingerprint density at radius 3 is 1.53 bits per heavy atom. The largest absolute Gasteiger partial charge is 0.456 e. The molecule has 0 fully saturated rings. The Balaban J connectivity index is 1.15. The highest BCUT2D eigenvalue weighted by molar-refractivity contribution is 6.23. The Kier molecular flexibility index (Phi) is 6.25. The van der Waals surface area contributed by atoms with Crippen LogP contribution in [0.25, 0.3) is 98.8 Å².